The van der Waals surface area contributed by atoms with Crippen molar-refractivity contribution in [1.82, 2.24) is 15.5 Å². The van der Waals surface area contributed by atoms with Crippen LogP contribution in [0.1, 0.15) is 61.4 Å². The minimum Gasteiger partial charge on any atom is -0.465 e. The van der Waals surface area contributed by atoms with Crippen molar-refractivity contribution in [2.24, 2.45) is 11.8 Å². The molecule has 0 aromatic heterocycles. The van der Waals surface area contributed by atoms with Crippen LogP contribution in [0.25, 0.3) is 0 Å². The van der Waals surface area contributed by atoms with Crippen LogP contribution in [0.5, 0.6) is 0 Å². The molecule has 172 valence electrons. The van der Waals surface area contributed by atoms with Gasteiger partial charge in [-0.3, -0.25) is 4.79 Å². The van der Waals surface area contributed by atoms with E-state index in [1.54, 1.807) is 24.3 Å². The maximum Gasteiger partial charge on any atom is 0.404 e. The van der Waals surface area contributed by atoms with E-state index in [2.05, 4.69) is 22.5 Å². The van der Waals surface area contributed by atoms with Crippen LogP contribution < -0.4 is 10.6 Å². The molecule has 7 heteroatoms. The summed E-state index contributed by atoms with van der Waals surface area (Å²) in [6.07, 6.45) is 6.02. The molecule has 0 unspecified atom stereocenters. The average molecular weight is 432 g/mol. The zero-order valence-electron chi connectivity index (χ0n) is 18.6. The lowest BCUT2D eigenvalue weighted by Gasteiger charge is -2.39. The molecule has 3 atom stereocenters. The number of likely N-dealkylation sites (tertiary alicyclic amines) is 1. The fourth-order valence-corrected chi connectivity index (χ4v) is 4.89. The summed E-state index contributed by atoms with van der Waals surface area (Å²) in [4.78, 5) is 26.0. The van der Waals surface area contributed by atoms with Crippen molar-refractivity contribution in [3.8, 4) is 0 Å². The Kier molecular flexibility index (Phi) is 9.15. The number of ether oxygens (including phenoxy) is 1. The van der Waals surface area contributed by atoms with Gasteiger partial charge in [-0.1, -0.05) is 25.0 Å². The molecule has 1 heterocycles. The Morgan fingerprint density at radius 2 is 1.90 bits per heavy atom. The fraction of sp³-hybridized carbons (Fsp3) is 0.667. The van der Waals surface area contributed by atoms with Crippen LogP contribution in [0.15, 0.2) is 24.3 Å². The number of hydrogen-bond acceptors (Lipinski definition) is 4. The minimum absolute atomic E-state index is 0.0393. The minimum atomic E-state index is -1.05. The highest BCUT2D eigenvalue weighted by Crippen LogP contribution is 2.27. The van der Waals surface area contributed by atoms with Gasteiger partial charge in [-0.15, -0.1) is 0 Å². The van der Waals surface area contributed by atoms with Crippen LogP contribution in [0, 0.1) is 11.8 Å². The van der Waals surface area contributed by atoms with Gasteiger partial charge in [0, 0.05) is 37.8 Å². The first kappa shape index (κ1) is 23.5. The van der Waals surface area contributed by atoms with Crippen molar-refractivity contribution in [2.45, 2.75) is 58.0 Å². The highest BCUT2D eigenvalue weighted by Gasteiger charge is 2.30. The van der Waals surface area contributed by atoms with Gasteiger partial charge in [-0.25, -0.2) is 4.79 Å². The van der Waals surface area contributed by atoms with Crippen LogP contribution in [-0.2, 0) is 11.3 Å². The van der Waals surface area contributed by atoms with E-state index in [0.29, 0.717) is 17.4 Å². The van der Waals surface area contributed by atoms with Crippen molar-refractivity contribution >= 4 is 12.0 Å². The summed E-state index contributed by atoms with van der Waals surface area (Å²) in [6.45, 7) is 7.22. The van der Waals surface area contributed by atoms with E-state index in [1.165, 1.54) is 19.3 Å². The third kappa shape index (κ3) is 7.51. The molecule has 1 aliphatic heterocycles. The zero-order valence-corrected chi connectivity index (χ0v) is 18.6. The second-order valence-electron chi connectivity index (χ2n) is 8.91. The number of nitrogens with one attached hydrogen (secondary N) is 2. The largest absolute Gasteiger partial charge is 0.465 e. The van der Waals surface area contributed by atoms with Gasteiger partial charge in [-0.2, -0.15) is 0 Å². The molecule has 1 aromatic rings. The highest BCUT2D eigenvalue weighted by atomic mass is 16.5. The van der Waals surface area contributed by atoms with Crippen LogP contribution >= 0.6 is 0 Å². The molecule has 7 nitrogen and oxygen atoms in total. The Balaban J connectivity index is 1.53. The molecule has 2 fully saturated rings. The second kappa shape index (κ2) is 12.1. The van der Waals surface area contributed by atoms with Gasteiger partial charge in [0.25, 0.3) is 5.91 Å². The van der Waals surface area contributed by atoms with E-state index in [1.807, 2.05) is 0 Å². The summed E-state index contributed by atoms with van der Waals surface area (Å²) in [7, 11) is 0. The maximum atomic E-state index is 12.8. The second-order valence-corrected chi connectivity index (χ2v) is 8.91. The van der Waals surface area contributed by atoms with Crippen molar-refractivity contribution in [1.29, 1.82) is 0 Å². The first-order chi connectivity index (χ1) is 15.0. The third-order valence-electron chi connectivity index (χ3n) is 6.54. The number of benzene rings is 1. The Labute approximate surface area is 185 Å². The molecule has 3 N–H and O–H groups in total. The summed E-state index contributed by atoms with van der Waals surface area (Å²) < 4.78 is 5.65. The monoisotopic (exact) mass is 431 g/mol. The molecule has 31 heavy (non-hydrogen) atoms. The molecule has 1 aliphatic carbocycles. The molecule has 0 radical (unpaired) electrons. The van der Waals surface area contributed by atoms with Crippen LogP contribution in [0.4, 0.5) is 4.79 Å². The average Bonchev–Trinajstić information content (AvgIpc) is 2.78. The predicted molar refractivity (Wildman–Crippen MR) is 120 cm³/mol. The Morgan fingerprint density at radius 3 is 2.65 bits per heavy atom. The quantitative estimate of drug-likeness (QED) is 0.557. The molecular formula is C24H37N3O4. The lowest BCUT2D eigenvalue weighted by atomic mass is 9.83. The van der Waals surface area contributed by atoms with Gasteiger partial charge < -0.3 is 25.4 Å². The number of hydrogen-bond donors (Lipinski definition) is 3. The van der Waals surface area contributed by atoms with Crippen LogP contribution in [-0.4, -0.2) is 60.9 Å². The molecule has 2 amide bonds. The molecule has 0 spiro atoms. The molecule has 2 aliphatic rings. The van der Waals surface area contributed by atoms with Gasteiger partial charge in [0.15, 0.2) is 0 Å². The van der Waals surface area contributed by atoms with Crippen LogP contribution in [0.2, 0.25) is 0 Å². The summed E-state index contributed by atoms with van der Waals surface area (Å²) in [5, 5.41) is 14.3. The summed E-state index contributed by atoms with van der Waals surface area (Å²) >= 11 is 0. The molecule has 3 rings (SSSR count). The highest BCUT2D eigenvalue weighted by molar-refractivity contribution is 5.94. The fourth-order valence-electron chi connectivity index (χ4n) is 4.89. The number of amides is 2. The van der Waals surface area contributed by atoms with E-state index in [4.69, 9.17) is 9.84 Å². The lowest BCUT2D eigenvalue weighted by molar-refractivity contribution is 0.0548. The van der Waals surface area contributed by atoms with Gasteiger partial charge in [-0.05, 0) is 68.7 Å². The number of carboxylic acid groups (broad SMARTS) is 1. The number of carbonyl (C=O) groups excluding carboxylic acids is 1. The van der Waals surface area contributed by atoms with E-state index >= 15 is 0 Å². The number of piperidine rings is 1. The number of rotatable bonds is 9. The standard InChI is InChI=1S/C24H37N3O4/c1-2-31-17-19-6-5-13-27(15-19)16-21-7-3-4-8-22(21)26-23(28)20-11-9-18(10-12-20)14-25-24(29)30/h9-12,19,21-22,25H,2-8,13-17H2,1H3,(H,26,28)(H,29,30)/t19-,21-,22+/m1/s1. The summed E-state index contributed by atoms with van der Waals surface area (Å²) in [5.41, 5.74) is 1.46. The molecule has 1 saturated carbocycles. The number of carbonyl (C=O) groups is 2. The van der Waals surface area contributed by atoms with E-state index in [9.17, 15) is 9.59 Å². The van der Waals surface area contributed by atoms with Crippen molar-refractivity contribution in [3.05, 3.63) is 35.4 Å². The van der Waals surface area contributed by atoms with Crippen molar-refractivity contribution < 1.29 is 19.4 Å². The molecule has 1 saturated heterocycles. The Hall–Kier alpha value is -2.12. The topological polar surface area (TPSA) is 90.9 Å². The smallest absolute Gasteiger partial charge is 0.404 e. The first-order valence-electron chi connectivity index (χ1n) is 11.7. The maximum absolute atomic E-state index is 12.8. The Morgan fingerprint density at radius 1 is 1.13 bits per heavy atom. The van der Waals surface area contributed by atoms with E-state index in [-0.39, 0.29) is 18.5 Å². The molecule has 0 bridgehead atoms. The Bertz CT molecular complexity index is 709. The van der Waals surface area contributed by atoms with Crippen molar-refractivity contribution in [3.63, 3.8) is 0 Å². The zero-order chi connectivity index (χ0) is 22.1. The third-order valence-corrected chi connectivity index (χ3v) is 6.54. The van der Waals surface area contributed by atoms with Gasteiger partial charge in [0.05, 0.1) is 6.61 Å². The predicted octanol–water partition coefficient (Wildman–Crippen LogP) is 3.49. The van der Waals surface area contributed by atoms with Crippen LogP contribution in [0.3, 0.4) is 0 Å². The van der Waals surface area contributed by atoms with E-state index in [0.717, 1.165) is 57.7 Å². The van der Waals surface area contributed by atoms with Gasteiger partial charge >= 0.3 is 6.09 Å². The molecule has 1 aromatic carbocycles. The van der Waals surface area contributed by atoms with Crippen molar-refractivity contribution in [2.75, 3.05) is 32.8 Å². The lowest BCUT2D eigenvalue weighted by Crippen LogP contribution is -2.48. The van der Waals surface area contributed by atoms with E-state index < -0.39 is 6.09 Å². The van der Waals surface area contributed by atoms with Gasteiger partial charge in [0.2, 0.25) is 0 Å². The SMILES string of the molecule is CCOC[C@@H]1CCCN(C[C@H]2CCCC[C@@H]2NC(=O)c2ccc(CNC(=O)O)cc2)C1. The molecular weight excluding hydrogens is 394 g/mol. The summed E-state index contributed by atoms with van der Waals surface area (Å²) in [5.74, 6) is 1.07. The first-order valence-corrected chi connectivity index (χ1v) is 11.7. The number of nitrogens with zero attached hydrogens (tertiary/aromatic N) is 1. The van der Waals surface area contributed by atoms with Gasteiger partial charge in [0.1, 0.15) is 0 Å². The normalized spacial score (nSPS) is 24.5. The summed E-state index contributed by atoms with van der Waals surface area (Å²) in [6, 6.07) is 7.36.